The van der Waals surface area contributed by atoms with Crippen LogP contribution in [0.3, 0.4) is 0 Å². The van der Waals surface area contributed by atoms with Crippen LogP contribution in [0.2, 0.25) is 0 Å². The van der Waals surface area contributed by atoms with Gasteiger partial charge >= 0.3 is 0 Å². The lowest BCUT2D eigenvalue weighted by Crippen LogP contribution is -1.96. The number of carbonyl (C=O) groups excluding carboxylic acids is 2. The molecule has 0 amide bonds. The molecule has 2 aromatic rings. The number of ether oxygens (including phenoxy) is 1. The molecule has 0 saturated carbocycles. The summed E-state index contributed by atoms with van der Waals surface area (Å²) >= 11 is 10.9. The molecule has 0 aliphatic carbocycles. The zero-order valence-electron chi connectivity index (χ0n) is 11.4. The first kappa shape index (κ1) is 15.5. The minimum absolute atomic E-state index is 0.447. The first-order valence-corrected chi connectivity index (χ1v) is 6.93. The monoisotopic (exact) mass is 322 g/mol. The second-order valence-corrected chi connectivity index (χ2v) is 5.29. The molecule has 108 valence electrons. The zero-order valence-corrected chi connectivity index (χ0v) is 13.0. The Morgan fingerprint density at radius 2 is 1.19 bits per heavy atom. The van der Waals surface area contributed by atoms with Gasteiger partial charge in [0.2, 0.25) is 0 Å². The molecule has 3 nitrogen and oxygen atoms in total. The van der Waals surface area contributed by atoms with Crippen molar-refractivity contribution in [2.75, 3.05) is 0 Å². The Bertz CT molecular complexity index is 662. The van der Waals surface area contributed by atoms with Gasteiger partial charge in [-0.1, -0.05) is 0 Å². The summed E-state index contributed by atoms with van der Waals surface area (Å²) in [5.41, 5.74) is 2.36. The van der Waals surface area contributed by atoms with Crippen LogP contribution in [0.15, 0.2) is 36.4 Å². The lowest BCUT2D eigenvalue weighted by atomic mass is 10.1. The highest BCUT2D eigenvalue weighted by atomic mass is 35.5. The topological polar surface area (TPSA) is 43.4 Å². The summed E-state index contributed by atoms with van der Waals surface area (Å²) < 4.78 is 5.70. The van der Waals surface area contributed by atoms with Crippen molar-refractivity contribution < 1.29 is 14.3 Å². The third kappa shape index (κ3) is 3.63. The summed E-state index contributed by atoms with van der Waals surface area (Å²) in [7, 11) is 0. The van der Waals surface area contributed by atoms with Crippen molar-refractivity contribution in [1.82, 2.24) is 0 Å². The molecule has 0 N–H and O–H groups in total. The van der Waals surface area contributed by atoms with Crippen LogP contribution >= 0.6 is 23.2 Å². The van der Waals surface area contributed by atoms with Crippen LogP contribution < -0.4 is 4.74 Å². The van der Waals surface area contributed by atoms with E-state index >= 15 is 0 Å². The van der Waals surface area contributed by atoms with Gasteiger partial charge in [0, 0.05) is 11.1 Å². The fraction of sp³-hybridized carbons (Fsp3) is 0.125. The quantitative estimate of drug-likeness (QED) is 0.755. The summed E-state index contributed by atoms with van der Waals surface area (Å²) in [5.74, 6) is 1.16. The highest BCUT2D eigenvalue weighted by Gasteiger charge is 2.09. The summed E-state index contributed by atoms with van der Waals surface area (Å²) in [6.07, 6.45) is 0. The maximum absolute atomic E-state index is 11.2. The Morgan fingerprint density at radius 3 is 1.48 bits per heavy atom. The minimum atomic E-state index is -0.500. The second-order valence-electron chi connectivity index (χ2n) is 4.60. The molecule has 0 aliphatic heterocycles. The van der Waals surface area contributed by atoms with Gasteiger partial charge in [0.15, 0.2) is 0 Å². The molecule has 5 heteroatoms. The van der Waals surface area contributed by atoms with Crippen LogP contribution in [-0.4, -0.2) is 10.5 Å². The van der Waals surface area contributed by atoms with Crippen molar-refractivity contribution in [2.24, 2.45) is 0 Å². The number of rotatable bonds is 4. The molecule has 0 atom stereocenters. The average molecular weight is 323 g/mol. The summed E-state index contributed by atoms with van der Waals surface area (Å²) in [6, 6.07) is 10.0. The van der Waals surface area contributed by atoms with E-state index in [0.29, 0.717) is 22.6 Å². The fourth-order valence-corrected chi connectivity index (χ4v) is 2.40. The number of aryl methyl sites for hydroxylation is 2. The lowest BCUT2D eigenvalue weighted by molar-refractivity contribution is 0.107. The van der Waals surface area contributed by atoms with Gasteiger partial charge in [0.25, 0.3) is 10.5 Å². The maximum Gasteiger partial charge on any atom is 0.252 e. The van der Waals surface area contributed by atoms with Crippen molar-refractivity contribution in [2.45, 2.75) is 13.8 Å². The molecule has 0 heterocycles. The minimum Gasteiger partial charge on any atom is -0.457 e. The third-order valence-electron chi connectivity index (χ3n) is 3.05. The van der Waals surface area contributed by atoms with E-state index in [4.69, 9.17) is 27.9 Å². The Balaban J connectivity index is 2.26. The van der Waals surface area contributed by atoms with Crippen molar-refractivity contribution >= 4 is 33.7 Å². The van der Waals surface area contributed by atoms with Gasteiger partial charge in [-0.3, -0.25) is 9.59 Å². The smallest absolute Gasteiger partial charge is 0.252 e. The van der Waals surface area contributed by atoms with E-state index in [-0.39, 0.29) is 0 Å². The van der Waals surface area contributed by atoms with Crippen LogP contribution in [-0.2, 0) is 0 Å². The number of carbonyl (C=O) groups is 2. The van der Waals surface area contributed by atoms with Crippen LogP contribution in [0.25, 0.3) is 0 Å². The standard InChI is InChI=1S/C16H12Cl2O3/c1-9-7-11(3-5-13(9)15(17)19)21-12-4-6-14(16(18)20)10(2)8-12/h3-8H,1-2H3. The highest BCUT2D eigenvalue weighted by molar-refractivity contribution is 6.68. The number of hydrogen-bond acceptors (Lipinski definition) is 3. The Labute approximate surface area is 132 Å². The molecule has 0 radical (unpaired) electrons. The van der Waals surface area contributed by atoms with Gasteiger partial charge in [-0.05, 0) is 84.6 Å². The van der Waals surface area contributed by atoms with E-state index in [9.17, 15) is 9.59 Å². The SMILES string of the molecule is Cc1cc(Oc2ccc(C(=O)Cl)c(C)c2)ccc1C(=O)Cl. The van der Waals surface area contributed by atoms with Gasteiger partial charge < -0.3 is 4.74 Å². The van der Waals surface area contributed by atoms with Crippen LogP contribution in [0.5, 0.6) is 11.5 Å². The van der Waals surface area contributed by atoms with Crippen molar-refractivity contribution in [3.8, 4) is 11.5 Å². The molecule has 0 saturated heterocycles. The molecule has 0 bridgehead atoms. The second kappa shape index (κ2) is 6.29. The van der Waals surface area contributed by atoms with Crippen LogP contribution in [0, 0.1) is 13.8 Å². The Kier molecular flexibility index (Phi) is 4.66. The van der Waals surface area contributed by atoms with Gasteiger partial charge in [-0.2, -0.15) is 0 Å². The Hall–Kier alpha value is -1.84. The largest absolute Gasteiger partial charge is 0.457 e. The Morgan fingerprint density at radius 1 is 0.810 bits per heavy atom. The number of halogens is 2. The van der Waals surface area contributed by atoms with E-state index in [1.807, 2.05) is 0 Å². The fourth-order valence-electron chi connectivity index (χ4n) is 1.98. The van der Waals surface area contributed by atoms with E-state index < -0.39 is 10.5 Å². The first-order valence-electron chi connectivity index (χ1n) is 6.17. The summed E-state index contributed by atoms with van der Waals surface area (Å²) in [6.45, 7) is 3.56. The molecule has 0 aliphatic rings. The first-order chi connectivity index (χ1) is 9.88. The molecular formula is C16H12Cl2O3. The molecule has 0 fully saturated rings. The predicted molar refractivity (Wildman–Crippen MR) is 82.8 cm³/mol. The van der Waals surface area contributed by atoms with Crippen molar-refractivity contribution in [3.05, 3.63) is 58.7 Å². The molecule has 2 aromatic carbocycles. The third-order valence-corrected chi connectivity index (χ3v) is 3.46. The van der Waals surface area contributed by atoms with Crippen LogP contribution in [0.1, 0.15) is 31.8 Å². The van der Waals surface area contributed by atoms with E-state index in [0.717, 1.165) is 11.1 Å². The van der Waals surface area contributed by atoms with Gasteiger partial charge in [-0.15, -0.1) is 0 Å². The molecule has 21 heavy (non-hydrogen) atoms. The van der Waals surface area contributed by atoms with Crippen molar-refractivity contribution in [3.63, 3.8) is 0 Å². The van der Waals surface area contributed by atoms with Gasteiger partial charge in [0.05, 0.1) is 0 Å². The molecule has 0 unspecified atom stereocenters. The summed E-state index contributed by atoms with van der Waals surface area (Å²) in [4.78, 5) is 22.3. The van der Waals surface area contributed by atoms with Crippen molar-refractivity contribution in [1.29, 1.82) is 0 Å². The molecule has 0 aromatic heterocycles. The lowest BCUT2D eigenvalue weighted by Gasteiger charge is -2.09. The predicted octanol–water partition coefficient (Wildman–Crippen LogP) is 4.85. The van der Waals surface area contributed by atoms with E-state index in [1.165, 1.54) is 0 Å². The summed E-state index contributed by atoms with van der Waals surface area (Å²) in [5, 5.41) is -1.00. The van der Waals surface area contributed by atoms with E-state index in [2.05, 4.69) is 0 Å². The average Bonchev–Trinajstić information content (AvgIpc) is 2.37. The normalized spacial score (nSPS) is 10.3. The molecule has 0 spiro atoms. The molecular weight excluding hydrogens is 311 g/mol. The molecule has 2 rings (SSSR count). The van der Waals surface area contributed by atoms with Crippen LogP contribution in [0.4, 0.5) is 0 Å². The van der Waals surface area contributed by atoms with Gasteiger partial charge in [-0.25, -0.2) is 0 Å². The number of benzene rings is 2. The highest BCUT2D eigenvalue weighted by Crippen LogP contribution is 2.26. The zero-order chi connectivity index (χ0) is 15.6. The maximum atomic E-state index is 11.2. The van der Waals surface area contributed by atoms with E-state index in [1.54, 1.807) is 50.2 Å². The van der Waals surface area contributed by atoms with Gasteiger partial charge in [0.1, 0.15) is 11.5 Å². The number of hydrogen-bond donors (Lipinski definition) is 0.